The molecule has 0 spiro atoms. The van der Waals surface area contributed by atoms with Crippen molar-refractivity contribution in [3.63, 3.8) is 0 Å². The minimum absolute atomic E-state index is 0.104. The summed E-state index contributed by atoms with van der Waals surface area (Å²) in [6, 6.07) is -0.602. The van der Waals surface area contributed by atoms with Crippen LogP contribution in [0.25, 0.3) is 0 Å². The summed E-state index contributed by atoms with van der Waals surface area (Å²) in [5, 5.41) is 2.29. The Balaban J connectivity index is 2.51. The minimum Gasteiger partial charge on any atom is -0.468 e. The third-order valence-corrected chi connectivity index (χ3v) is 2.25. The Morgan fingerprint density at radius 1 is 1.47 bits per heavy atom. The van der Waals surface area contributed by atoms with E-state index in [0.29, 0.717) is 0 Å². The number of nitrogens with zero attached hydrogens (tertiary/aromatic N) is 2. The van der Waals surface area contributed by atoms with Gasteiger partial charge in [0.1, 0.15) is 13.1 Å². The Hall–Kier alpha value is -2.12. The fourth-order valence-electron chi connectivity index (χ4n) is 1.22. The largest absolute Gasteiger partial charge is 0.468 e. The van der Waals surface area contributed by atoms with Crippen LogP contribution in [-0.2, 0) is 19.1 Å². The zero-order valence-electron chi connectivity index (χ0n) is 9.56. The van der Waals surface area contributed by atoms with Gasteiger partial charge in [0, 0.05) is 7.05 Å². The molecule has 94 valence electrons. The third-order valence-electron chi connectivity index (χ3n) is 2.25. The van der Waals surface area contributed by atoms with Crippen LogP contribution in [0.3, 0.4) is 0 Å². The molecule has 0 bridgehead atoms. The summed E-state index contributed by atoms with van der Waals surface area (Å²) in [6.45, 7) is -0.704. The van der Waals surface area contributed by atoms with Crippen LogP contribution in [0.4, 0.5) is 4.79 Å². The quantitative estimate of drug-likeness (QED) is 0.463. The van der Waals surface area contributed by atoms with E-state index in [9.17, 15) is 19.2 Å². The predicted molar refractivity (Wildman–Crippen MR) is 54.8 cm³/mol. The zero-order chi connectivity index (χ0) is 13.0. The van der Waals surface area contributed by atoms with Crippen molar-refractivity contribution in [1.82, 2.24) is 15.1 Å². The maximum atomic E-state index is 11.6. The molecule has 17 heavy (non-hydrogen) atoms. The maximum absolute atomic E-state index is 11.6. The number of amides is 4. The van der Waals surface area contributed by atoms with Crippen molar-refractivity contribution in [3.8, 4) is 0 Å². The molecule has 0 radical (unpaired) electrons. The first-order valence-electron chi connectivity index (χ1n) is 4.84. The average molecular weight is 243 g/mol. The molecule has 4 amide bonds. The van der Waals surface area contributed by atoms with Crippen molar-refractivity contribution in [2.75, 3.05) is 33.8 Å². The minimum atomic E-state index is -0.602. The van der Waals surface area contributed by atoms with Crippen molar-refractivity contribution in [3.05, 3.63) is 0 Å². The molecule has 1 N–H and O–H groups in total. The molecule has 1 aliphatic rings. The predicted octanol–water partition coefficient (Wildman–Crippen LogP) is -1.83. The Morgan fingerprint density at radius 2 is 2.12 bits per heavy atom. The lowest BCUT2D eigenvalue weighted by Gasteiger charge is -2.18. The number of imide groups is 1. The molecule has 0 aliphatic carbocycles. The summed E-state index contributed by atoms with van der Waals surface area (Å²) in [5.74, 6) is -1.55. The van der Waals surface area contributed by atoms with E-state index in [2.05, 4.69) is 10.1 Å². The van der Waals surface area contributed by atoms with E-state index in [1.54, 1.807) is 0 Å². The van der Waals surface area contributed by atoms with Crippen LogP contribution >= 0.6 is 0 Å². The number of likely N-dealkylation sites (N-methyl/N-ethyl adjacent to an activating group) is 1. The van der Waals surface area contributed by atoms with Gasteiger partial charge in [0.2, 0.25) is 5.91 Å². The molecule has 0 aromatic rings. The summed E-state index contributed by atoms with van der Waals surface area (Å²) in [4.78, 5) is 46.7. The van der Waals surface area contributed by atoms with E-state index in [1.165, 1.54) is 14.2 Å². The number of urea groups is 1. The number of esters is 1. The highest BCUT2D eigenvalue weighted by atomic mass is 16.5. The van der Waals surface area contributed by atoms with Gasteiger partial charge in [-0.15, -0.1) is 0 Å². The molecule has 0 atom stereocenters. The number of carbonyl (C=O) groups excluding carboxylic acids is 4. The van der Waals surface area contributed by atoms with Crippen LogP contribution in [0, 0.1) is 0 Å². The van der Waals surface area contributed by atoms with Crippen LogP contribution in [0.15, 0.2) is 0 Å². The zero-order valence-corrected chi connectivity index (χ0v) is 9.56. The summed E-state index contributed by atoms with van der Waals surface area (Å²) in [6.07, 6.45) is 0. The van der Waals surface area contributed by atoms with E-state index >= 15 is 0 Å². The lowest BCUT2D eigenvalue weighted by Crippen LogP contribution is -2.43. The summed E-state index contributed by atoms with van der Waals surface area (Å²) in [5.41, 5.74) is 0. The van der Waals surface area contributed by atoms with Crippen molar-refractivity contribution in [2.24, 2.45) is 0 Å². The molecular formula is C9H13N3O5. The van der Waals surface area contributed by atoms with Crippen LogP contribution in [0.2, 0.25) is 0 Å². The van der Waals surface area contributed by atoms with Gasteiger partial charge >= 0.3 is 12.0 Å². The number of hydrogen-bond donors (Lipinski definition) is 1. The van der Waals surface area contributed by atoms with E-state index < -0.39 is 23.8 Å². The Kier molecular flexibility index (Phi) is 4.02. The molecule has 8 heteroatoms. The van der Waals surface area contributed by atoms with Gasteiger partial charge in [-0.2, -0.15) is 0 Å². The first-order valence-corrected chi connectivity index (χ1v) is 4.84. The van der Waals surface area contributed by atoms with Crippen LogP contribution in [-0.4, -0.2) is 67.4 Å². The number of rotatable bonds is 4. The van der Waals surface area contributed by atoms with E-state index in [-0.39, 0.29) is 19.6 Å². The molecule has 1 saturated heterocycles. The van der Waals surface area contributed by atoms with Crippen LogP contribution in [0.1, 0.15) is 0 Å². The van der Waals surface area contributed by atoms with Crippen molar-refractivity contribution in [2.45, 2.75) is 0 Å². The van der Waals surface area contributed by atoms with Gasteiger partial charge < -0.3 is 15.0 Å². The second-order valence-corrected chi connectivity index (χ2v) is 3.46. The molecular weight excluding hydrogens is 230 g/mol. The van der Waals surface area contributed by atoms with E-state index in [1.807, 2.05) is 0 Å². The Labute approximate surface area is 97.5 Å². The third kappa shape index (κ3) is 3.16. The average Bonchev–Trinajstić information content (AvgIpc) is 2.60. The summed E-state index contributed by atoms with van der Waals surface area (Å²) in [7, 11) is 2.59. The first kappa shape index (κ1) is 12.9. The fourth-order valence-corrected chi connectivity index (χ4v) is 1.22. The van der Waals surface area contributed by atoms with Gasteiger partial charge in [0.15, 0.2) is 0 Å². The lowest BCUT2D eigenvalue weighted by atomic mass is 10.4. The SMILES string of the molecule is COC(=O)CN(C)C(=O)CN1C(=O)CNC1=O. The lowest BCUT2D eigenvalue weighted by molar-refractivity contribution is -0.146. The topological polar surface area (TPSA) is 96.0 Å². The molecule has 1 fully saturated rings. The molecule has 1 heterocycles. The number of nitrogens with one attached hydrogen (secondary N) is 1. The molecule has 0 aromatic heterocycles. The van der Waals surface area contributed by atoms with Crippen molar-refractivity contribution < 1.29 is 23.9 Å². The van der Waals surface area contributed by atoms with Crippen molar-refractivity contribution in [1.29, 1.82) is 0 Å². The Bertz CT molecular complexity index is 352. The molecule has 1 aliphatic heterocycles. The standard InChI is InChI=1S/C9H13N3O5/c1-11(5-8(15)17-2)7(14)4-12-6(13)3-10-9(12)16/h3-5H2,1-2H3,(H,10,16). The highest BCUT2D eigenvalue weighted by Gasteiger charge is 2.31. The Morgan fingerprint density at radius 3 is 2.59 bits per heavy atom. The monoisotopic (exact) mass is 243 g/mol. The maximum Gasteiger partial charge on any atom is 0.325 e. The summed E-state index contributed by atoms with van der Waals surface area (Å²) < 4.78 is 4.39. The molecule has 8 nitrogen and oxygen atoms in total. The second-order valence-electron chi connectivity index (χ2n) is 3.46. The highest BCUT2D eigenvalue weighted by molar-refractivity contribution is 6.04. The second kappa shape index (κ2) is 5.28. The number of carbonyl (C=O) groups is 4. The van der Waals surface area contributed by atoms with Gasteiger partial charge in [-0.05, 0) is 0 Å². The molecule has 1 rings (SSSR count). The van der Waals surface area contributed by atoms with Gasteiger partial charge in [-0.1, -0.05) is 0 Å². The van der Waals surface area contributed by atoms with Gasteiger partial charge in [-0.25, -0.2) is 4.79 Å². The molecule has 0 saturated carbocycles. The summed E-state index contributed by atoms with van der Waals surface area (Å²) >= 11 is 0. The number of hydrogen-bond acceptors (Lipinski definition) is 5. The normalized spacial score (nSPS) is 14.6. The smallest absolute Gasteiger partial charge is 0.325 e. The van der Waals surface area contributed by atoms with E-state index in [4.69, 9.17) is 0 Å². The fraction of sp³-hybridized carbons (Fsp3) is 0.556. The number of methoxy groups -OCH3 is 1. The molecule has 0 unspecified atom stereocenters. The van der Waals surface area contributed by atoms with Crippen molar-refractivity contribution >= 4 is 23.8 Å². The van der Waals surface area contributed by atoms with Gasteiger partial charge in [0.25, 0.3) is 5.91 Å². The van der Waals surface area contributed by atoms with Crippen LogP contribution < -0.4 is 5.32 Å². The highest BCUT2D eigenvalue weighted by Crippen LogP contribution is 2.00. The number of ether oxygens (including phenoxy) is 1. The first-order chi connectivity index (χ1) is 7.95. The molecule has 0 aromatic carbocycles. The van der Waals surface area contributed by atoms with E-state index in [0.717, 1.165) is 9.80 Å². The van der Waals surface area contributed by atoms with Gasteiger partial charge in [0.05, 0.1) is 13.7 Å². The van der Waals surface area contributed by atoms with Crippen LogP contribution in [0.5, 0.6) is 0 Å². The van der Waals surface area contributed by atoms with Gasteiger partial charge in [-0.3, -0.25) is 19.3 Å².